The Balaban J connectivity index is 1.47. The Hall–Kier alpha value is -4.40. The number of anilines is 3. The van der Waals surface area contributed by atoms with E-state index in [9.17, 15) is 4.79 Å². The van der Waals surface area contributed by atoms with Gasteiger partial charge in [0.05, 0.1) is 11.4 Å². The quantitative estimate of drug-likeness (QED) is 0.400. The maximum Gasteiger partial charge on any atom is 0.324 e. The molecular weight excluding hydrogens is 418 g/mol. The summed E-state index contributed by atoms with van der Waals surface area (Å²) in [6, 6.07) is 15.5. The number of hydrogen-bond acceptors (Lipinski definition) is 6. The number of carbonyl (C=O) groups excluding carboxylic acids is 1. The van der Waals surface area contributed by atoms with Crippen molar-refractivity contribution in [1.29, 1.82) is 0 Å². The minimum Gasteiger partial charge on any atom is -0.457 e. The number of urea groups is 1. The number of carbonyl (C=O) groups is 1. The number of aromatic nitrogens is 4. The van der Waals surface area contributed by atoms with Crippen molar-refractivity contribution < 1.29 is 9.53 Å². The normalized spacial score (nSPS) is 11.1. The second kappa shape index (κ2) is 8.99. The lowest BCUT2D eigenvalue weighted by molar-refractivity contribution is 0.262. The first-order valence-electron chi connectivity index (χ1n) is 10.4. The van der Waals surface area contributed by atoms with Crippen LogP contribution in [0.4, 0.5) is 22.1 Å². The first-order valence-corrected chi connectivity index (χ1v) is 10.4. The van der Waals surface area contributed by atoms with E-state index in [1.165, 1.54) is 0 Å². The fraction of sp³-hybridized carbons (Fsp3) is 0.167. The van der Waals surface area contributed by atoms with Crippen molar-refractivity contribution in [2.75, 3.05) is 16.4 Å². The number of ether oxygens (including phenoxy) is 1. The molecule has 0 fully saturated rings. The molecule has 168 valence electrons. The lowest BCUT2D eigenvalue weighted by Crippen LogP contribution is -2.21. The lowest BCUT2D eigenvalue weighted by Gasteiger charge is -2.14. The molecule has 9 heteroatoms. The van der Waals surface area contributed by atoms with Crippen molar-refractivity contribution in [3.63, 3.8) is 0 Å². The molecule has 0 saturated heterocycles. The molecule has 33 heavy (non-hydrogen) atoms. The molecule has 4 rings (SSSR count). The molecule has 9 nitrogen and oxygen atoms in total. The van der Waals surface area contributed by atoms with E-state index in [0.29, 0.717) is 28.8 Å². The van der Waals surface area contributed by atoms with Gasteiger partial charge in [-0.25, -0.2) is 14.5 Å². The van der Waals surface area contributed by atoms with Gasteiger partial charge < -0.3 is 15.8 Å². The summed E-state index contributed by atoms with van der Waals surface area (Å²) >= 11 is 0. The summed E-state index contributed by atoms with van der Waals surface area (Å²) in [6.45, 7) is 6.21. The Morgan fingerprint density at radius 1 is 0.939 bits per heavy atom. The third-order valence-corrected chi connectivity index (χ3v) is 4.73. The summed E-state index contributed by atoms with van der Waals surface area (Å²) in [5.41, 5.74) is 7.76. The van der Waals surface area contributed by atoms with E-state index in [1.54, 1.807) is 59.7 Å². The Morgan fingerprint density at radius 3 is 2.33 bits per heavy atom. The maximum absolute atomic E-state index is 12.7. The van der Waals surface area contributed by atoms with Crippen LogP contribution in [0.1, 0.15) is 26.5 Å². The van der Waals surface area contributed by atoms with Crippen LogP contribution < -0.4 is 21.1 Å². The Bertz CT molecular complexity index is 1250. The fourth-order valence-corrected chi connectivity index (χ4v) is 3.03. The smallest absolute Gasteiger partial charge is 0.324 e. The van der Waals surface area contributed by atoms with Crippen LogP contribution in [0.5, 0.6) is 11.5 Å². The van der Waals surface area contributed by atoms with Crippen LogP contribution in [0.3, 0.4) is 0 Å². The molecule has 0 aliphatic heterocycles. The largest absolute Gasteiger partial charge is 0.457 e. The highest BCUT2D eigenvalue weighted by Crippen LogP contribution is 2.27. The number of hydrogen-bond donors (Lipinski definition) is 3. The van der Waals surface area contributed by atoms with Crippen LogP contribution in [0, 0.1) is 0 Å². The predicted octanol–water partition coefficient (Wildman–Crippen LogP) is 4.98. The molecule has 4 N–H and O–H groups in total. The third kappa shape index (κ3) is 5.45. The molecule has 3 aromatic heterocycles. The molecule has 0 unspecified atom stereocenters. The topological polar surface area (TPSA) is 120 Å². The van der Waals surface area contributed by atoms with Crippen LogP contribution in [0.25, 0.3) is 5.69 Å². The standard InChI is InChI=1S/C24H25N7O2/c1-24(2,3)20-15-22(31(30-20)17-8-11-26-12-9-17)29-23(32)28-16-4-6-18(7-5-16)33-19-10-13-27-21(25)14-19/h4-15H,1-3H3,(H2,25,27)(H2,28,29,32). The van der Waals surface area contributed by atoms with Crippen molar-refractivity contribution in [2.24, 2.45) is 0 Å². The molecule has 0 spiro atoms. The molecule has 0 aliphatic rings. The van der Waals surface area contributed by atoms with Gasteiger partial charge in [-0.2, -0.15) is 5.10 Å². The number of amides is 2. The van der Waals surface area contributed by atoms with Crippen LogP contribution in [-0.4, -0.2) is 25.8 Å². The second-order valence-corrected chi connectivity index (χ2v) is 8.40. The Kier molecular flexibility index (Phi) is 5.95. The fourth-order valence-electron chi connectivity index (χ4n) is 3.03. The minimum atomic E-state index is -0.388. The molecule has 2 amide bonds. The monoisotopic (exact) mass is 443 g/mol. The molecule has 3 heterocycles. The van der Waals surface area contributed by atoms with Gasteiger partial charge in [-0.1, -0.05) is 20.8 Å². The molecule has 0 radical (unpaired) electrons. The SMILES string of the molecule is CC(C)(C)c1cc(NC(=O)Nc2ccc(Oc3ccnc(N)c3)cc2)n(-c2ccncc2)n1. The van der Waals surface area contributed by atoms with Gasteiger partial charge in [0.1, 0.15) is 23.1 Å². The molecule has 0 atom stereocenters. The van der Waals surface area contributed by atoms with Crippen LogP contribution >= 0.6 is 0 Å². The molecular formula is C24H25N7O2. The van der Waals surface area contributed by atoms with Crippen molar-refractivity contribution in [3.8, 4) is 17.2 Å². The summed E-state index contributed by atoms with van der Waals surface area (Å²) in [5, 5.41) is 10.4. The van der Waals surface area contributed by atoms with E-state index < -0.39 is 0 Å². The summed E-state index contributed by atoms with van der Waals surface area (Å²) in [7, 11) is 0. The van der Waals surface area contributed by atoms with Gasteiger partial charge in [0, 0.05) is 41.8 Å². The highest BCUT2D eigenvalue weighted by atomic mass is 16.5. The summed E-state index contributed by atoms with van der Waals surface area (Å²) in [6.07, 6.45) is 4.94. The third-order valence-electron chi connectivity index (χ3n) is 4.73. The minimum absolute atomic E-state index is 0.180. The van der Waals surface area contributed by atoms with Crippen molar-refractivity contribution in [2.45, 2.75) is 26.2 Å². The first-order chi connectivity index (χ1) is 15.8. The van der Waals surface area contributed by atoms with Crippen molar-refractivity contribution in [3.05, 3.63) is 78.9 Å². The number of nitrogens with zero attached hydrogens (tertiary/aromatic N) is 4. The summed E-state index contributed by atoms with van der Waals surface area (Å²) in [5.74, 6) is 2.12. The van der Waals surface area contributed by atoms with Gasteiger partial charge in [-0.05, 0) is 42.5 Å². The zero-order valence-electron chi connectivity index (χ0n) is 18.6. The zero-order valence-corrected chi connectivity index (χ0v) is 18.6. The van der Waals surface area contributed by atoms with E-state index in [1.807, 2.05) is 18.2 Å². The van der Waals surface area contributed by atoms with Crippen LogP contribution in [-0.2, 0) is 5.41 Å². The number of nitrogens with two attached hydrogens (primary N) is 1. The maximum atomic E-state index is 12.7. The molecule has 0 saturated carbocycles. The van der Waals surface area contributed by atoms with E-state index in [2.05, 4.69) is 46.5 Å². The van der Waals surface area contributed by atoms with Crippen LogP contribution in [0.15, 0.2) is 73.2 Å². The molecule has 0 aliphatic carbocycles. The average Bonchev–Trinajstić information content (AvgIpc) is 3.20. The first kappa shape index (κ1) is 21.8. The summed E-state index contributed by atoms with van der Waals surface area (Å²) in [4.78, 5) is 20.7. The van der Waals surface area contributed by atoms with Gasteiger partial charge in [0.25, 0.3) is 0 Å². The van der Waals surface area contributed by atoms with Gasteiger partial charge >= 0.3 is 6.03 Å². The average molecular weight is 444 g/mol. The number of benzene rings is 1. The zero-order chi connectivity index (χ0) is 23.4. The van der Waals surface area contributed by atoms with Gasteiger partial charge in [0.15, 0.2) is 0 Å². The molecule has 1 aromatic carbocycles. The Labute approximate surface area is 191 Å². The highest BCUT2D eigenvalue weighted by molar-refractivity contribution is 5.99. The van der Waals surface area contributed by atoms with Crippen LogP contribution in [0.2, 0.25) is 0 Å². The number of pyridine rings is 2. The number of nitrogens with one attached hydrogen (secondary N) is 2. The van der Waals surface area contributed by atoms with E-state index in [4.69, 9.17) is 10.5 Å². The Morgan fingerprint density at radius 2 is 1.67 bits per heavy atom. The van der Waals surface area contributed by atoms with Gasteiger partial charge in [0.2, 0.25) is 0 Å². The lowest BCUT2D eigenvalue weighted by atomic mass is 9.92. The van der Waals surface area contributed by atoms with Gasteiger partial charge in [-0.3, -0.25) is 10.3 Å². The molecule has 0 bridgehead atoms. The van der Waals surface area contributed by atoms with Gasteiger partial charge in [-0.15, -0.1) is 0 Å². The van der Waals surface area contributed by atoms with E-state index in [-0.39, 0.29) is 11.4 Å². The second-order valence-electron chi connectivity index (χ2n) is 8.40. The van der Waals surface area contributed by atoms with E-state index >= 15 is 0 Å². The molecule has 4 aromatic rings. The van der Waals surface area contributed by atoms with Crippen molar-refractivity contribution >= 4 is 23.4 Å². The van der Waals surface area contributed by atoms with E-state index in [0.717, 1.165) is 11.4 Å². The predicted molar refractivity (Wildman–Crippen MR) is 128 cm³/mol. The number of rotatable bonds is 5. The highest BCUT2D eigenvalue weighted by Gasteiger charge is 2.21. The number of nitrogen functional groups attached to an aromatic ring is 1. The van der Waals surface area contributed by atoms with Crippen molar-refractivity contribution in [1.82, 2.24) is 19.7 Å². The summed E-state index contributed by atoms with van der Waals surface area (Å²) < 4.78 is 7.44.